The Bertz CT molecular complexity index is 942. The molecule has 0 radical (unpaired) electrons. The molecule has 0 unspecified atom stereocenters. The molecule has 26 heavy (non-hydrogen) atoms. The zero-order chi connectivity index (χ0) is 18.3. The summed E-state index contributed by atoms with van der Waals surface area (Å²) in [5.41, 5.74) is 0.337. The summed E-state index contributed by atoms with van der Waals surface area (Å²) in [6.07, 6.45) is 1.16. The molecular weight excluding hydrogens is 333 g/mol. The van der Waals surface area contributed by atoms with E-state index in [4.69, 9.17) is 8.83 Å². The molecule has 5 heteroatoms. The maximum atomic E-state index is 13.9. The fourth-order valence-corrected chi connectivity index (χ4v) is 3.15. The second kappa shape index (κ2) is 6.48. The van der Waals surface area contributed by atoms with Crippen LogP contribution in [0.3, 0.4) is 0 Å². The molecule has 0 N–H and O–H groups in total. The van der Waals surface area contributed by atoms with Gasteiger partial charge in [0.05, 0.1) is 12.1 Å². The Morgan fingerprint density at radius 1 is 1.15 bits per heavy atom. The molecular formula is C21H20FNO3. The van der Waals surface area contributed by atoms with Crippen molar-refractivity contribution in [2.24, 2.45) is 5.92 Å². The molecule has 1 aliphatic rings. The molecule has 134 valence electrons. The summed E-state index contributed by atoms with van der Waals surface area (Å²) in [7, 11) is 1.69. The highest BCUT2D eigenvalue weighted by atomic mass is 19.1. The average Bonchev–Trinajstić information content (AvgIpc) is 3.04. The van der Waals surface area contributed by atoms with Crippen LogP contribution in [-0.2, 0) is 6.54 Å². The quantitative estimate of drug-likeness (QED) is 0.643. The number of halogens is 1. The van der Waals surface area contributed by atoms with Crippen molar-refractivity contribution in [2.75, 3.05) is 7.05 Å². The van der Waals surface area contributed by atoms with Crippen LogP contribution in [0.1, 0.15) is 41.3 Å². The molecule has 0 aliphatic heterocycles. The predicted molar refractivity (Wildman–Crippen MR) is 95.1 cm³/mol. The lowest BCUT2D eigenvalue weighted by Crippen LogP contribution is -2.25. The van der Waals surface area contributed by atoms with E-state index in [-0.39, 0.29) is 17.5 Å². The Morgan fingerprint density at radius 3 is 2.65 bits per heavy atom. The Hall–Kier alpha value is -2.82. The SMILES string of the molecule is C[C@H]1C[C@@H]1c1ccc(CN(C)C(=O)c2ccc(-c3ccccc3F)o2)o1. The van der Waals surface area contributed by atoms with Crippen molar-refractivity contribution >= 4 is 5.91 Å². The van der Waals surface area contributed by atoms with Crippen molar-refractivity contribution in [3.05, 3.63) is 71.6 Å². The number of amides is 1. The number of carbonyl (C=O) groups is 1. The van der Waals surface area contributed by atoms with Gasteiger partial charge in [-0.15, -0.1) is 0 Å². The van der Waals surface area contributed by atoms with Crippen molar-refractivity contribution in [1.29, 1.82) is 0 Å². The van der Waals surface area contributed by atoms with E-state index >= 15 is 0 Å². The fraction of sp³-hybridized carbons (Fsp3) is 0.286. The molecule has 0 bridgehead atoms. The minimum atomic E-state index is -0.383. The second-order valence-corrected chi connectivity index (χ2v) is 6.93. The summed E-state index contributed by atoms with van der Waals surface area (Å²) in [6, 6.07) is 13.4. The molecule has 2 aromatic heterocycles. The molecule has 0 spiro atoms. The number of hydrogen-bond donors (Lipinski definition) is 0. The van der Waals surface area contributed by atoms with Crippen LogP contribution in [0.4, 0.5) is 4.39 Å². The van der Waals surface area contributed by atoms with E-state index in [2.05, 4.69) is 6.92 Å². The van der Waals surface area contributed by atoms with Gasteiger partial charge in [0.25, 0.3) is 5.91 Å². The lowest BCUT2D eigenvalue weighted by atomic mass is 10.1. The second-order valence-electron chi connectivity index (χ2n) is 6.93. The van der Waals surface area contributed by atoms with E-state index in [1.165, 1.54) is 11.0 Å². The van der Waals surface area contributed by atoms with Gasteiger partial charge in [0.2, 0.25) is 0 Å². The molecule has 4 rings (SSSR count). The number of rotatable bonds is 5. The minimum Gasteiger partial charge on any atom is -0.464 e. The van der Waals surface area contributed by atoms with Crippen LogP contribution in [0.25, 0.3) is 11.3 Å². The standard InChI is InChI=1S/C21H20FNO3/c1-13-11-16(13)19-8-7-14(25-19)12-23(2)21(24)20-10-9-18(26-20)15-5-3-4-6-17(15)22/h3-10,13,16H,11-12H2,1-2H3/t13-,16-/m0/s1. The molecule has 4 nitrogen and oxygen atoms in total. The minimum absolute atomic E-state index is 0.174. The number of carbonyl (C=O) groups excluding carboxylic acids is 1. The van der Waals surface area contributed by atoms with E-state index in [0.29, 0.717) is 29.7 Å². The fourth-order valence-electron chi connectivity index (χ4n) is 3.15. The van der Waals surface area contributed by atoms with E-state index in [0.717, 1.165) is 17.9 Å². The Labute approximate surface area is 151 Å². The Morgan fingerprint density at radius 2 is 1.92 bits per heavy atom. The first-order valence-electron chi connectivity index (χ1n) is 8.71. The maximum absolute atomic E-state index is 13.9. The molecule has 1 amide bonds. The lowest BCUT2D eigenvalue weighted by Gasteiger charge is -2.14. The van der Waals surface area contributed by atoms with Crippen LogP contribution < -0.4 is 0 Å². The number of benzene rings is 1. The summed E-state index contributed by atoms with van der Waals surface area (Å²) in [5.74, 6) is 2.78. The smallest absolute Gasteiger partial charge is 0.289 e. The molecule has 2 atom stereocenters. The van der Waals surface area contributed by atoms with Crippen LogP contribution in [0.2, 0.25) is 0 Å². The van der Waals surface area contributed by atoms with Gasteiger partial charge in [-0.1, -0.05) is 19.1 Å². The van der Waals surface area contributed by atoms with Crippen molar-refractivity contribution in [3.8, 4) is 11.3 Å². The normalized spacial score (nSPS) is 18.7. The lowest BCUT2D eigenvalue weighted by molar-refractivity contribution is 0.0744. The topological polar surface area (TPSA) is 46.6 Å². The molecule has 2 heterocycles. The monoisotopic (exact) mass is 353 g/mol. The molecule has 0 saturated heterocycles. The first-order chi connectivity index (χ1) is 12.5. The van der Waals surface area contributed by atoms with Crippen molar-refractivity contribution in [3.63, 3.8) is 0 Å². The summed E-state index contributed by atoms with van der Waals surface area (Å²) in [4.78, 5) is 14.1. The third-order valence-electron chi connectivity index (χ3n) is 4.85. The Balaban J connectivity index is 1.45. The third-order valence-corrected chi connectivity index (χ3v) is 4.85. The van der Waals surface area contributed by atoms with E-state index in [1.54, 1.807) is 37.4 Å². The highest BCUT2D eigenvalue weighted by Crippen LogP contribution is 2.47. The predicted octanol–water partition coefficient (Wildman–Crippen LogP) is 5.07. The highest BCUT2D eigenvalue weighted by Gasteiger charge is 2.36. The maximum Gasteiger partial charge on any atom is 0.289 e. The zero-order valence-electron chi connectivity index (χ0n) is 14.7. The van der Waals surface area contributed by atoms with Gasteiger partial charge in [-0.2, -0.15) is 0 Å². The summed E-state index contributed by atoms with van der Waals surface area (Å²) in [6.45, 7) is 2.56. The molecule has 1 aliphatic carbocycles. The van der Waals surface area contributed by atoms with Gasteiger partial charge in [-0.25, -0.2) is 4.39 Å². The van der Waals surface area contributed by atoms with Gasteiger partial charge in [-0.3, -0.25) is 4.79 Å². The van der Waals surface area contributed by atoms with Crippen molar-refractivity contribution < 1.29 is 18.0 Å². The van der Waals surface area contributed by atoms with Gasteiger partial charge in [0, 0.05) is 13.0 Å². The third kappa shape index (κ3) is 3.17. The average molecular weight is 353 g/mol. The van der Waals surface area contributed by atoms with E-state index in [9.17, 15) is 9.18 Å². The van der Waals surface area contributed by atoms with Crippen molar-refractivity contribution in [2.45, 2.75) is 25.8 Å². The van der Waals surface area contributed by atoms with Gasteiger partial charge in [0.1, 0.15) is 23.1 Å². The molecule has 1 saturated carbocycles. The number of furan rings is 2. The van der Waals surface area contributed by atoms with Crippen LogP contribution in [0, 0.1) is 11.7 Å². The van der Waals surface area contributed by atoms with Crippen LogP contribution in [-0.4, -0.2) is 17.9 Å². The summed E-state index contributed by atoms with van der Waals surface area (Å²) < 4.78 is 25.3. The van der Waals surface area contributed by atoms with E-state index < -0.39 is 0 Å². The summed E-state index contributed by atoms with van der Waals surface area (Å²) in [5, 5.41) is 0. The Kier molecular flexibility index (Phi) is 4.15. The molecule has 1 fully saturated rings. The largest absolute Gasteiger partial charge is 0.464 e. The van der Waals surface area contributed by atoms with Gasteiger partial charge in [-0.05, 0) is 48.7 Å². The van der Waals surface area contributed by atoms with Crippen molar-refractivity contribution in [1.82, 2.24) is 4.90 Å². The molecule has 1 aromatic carbocycles. The van der Waals surface area contributed by atoms with Gasteiger partial charge < -0.3 is 13.7 Å². The molecule has 3 aromatic rings. The zero-order valence-corrected chi connectivity index (χ0v) is 14.7. The van der Waals surface area contributed by atoms with Gasteiger partial charge in [0.15, 0.2) is 5.76 Å². The van der Waals surface area contributed by atoms with Crippen LogP contribution in [0.15, 0.2) is 57.4 Å². The highest BCUT2D eigenvalue weighted by molar-refractivity contribution is 5.91. The van der Waals surface area contributed by atoms with Crippen LogP contribution >= 0.6 is 0 Å². The van der Waals surface area contributed by atoms with Gasteiger partial charge >= 0.3 is 0 Å². The summed E-state index contributed by atoms with van der Waals surface area (Å²) >= 11 is 0. The van der Waals surface area contributed by atoms with E-state index in [1.807, 2.05) is 12.1 Å². The van der Waals surface area contributed by atoms with Crippen LogP contribution in [0.5, 0.6) is 0 Å². The first kappa shape index (κ1) is 16.6. The number of nitrogens with zero attached hydrogens (tertiary/aromatic N) is 1. The number of hydrogen-bond acceptors (Lipinski definition) is 3. The first-order valence-corrected chi connectivity index (χ1v) is 8.71.